The summed E-state index contributed by atoms with van der Waals surface area (Å²) < 4.78 is 49.4. The third-order valence-electron chi connectivity index (χ3n) is 2.44. The first-order chi connectivity index (χ1) is 9.15. The summed E-state index contributed by atoms with van der Waals surface area (Å²) in [5.41, 5.74) is 5.23. The lowest BCUT2D eigenvalue weighted by Gasteiger charge is -2.12. The van der Waals surface area contributed by atoms with Crippen LogP contribution in [0.3, 0.4) is 0 Å². The quantitative estimate of drug-likeness (QED) is 0.508. The fraction of sp³-hybridized carbons (Fsp3) is 0.154. The van der Waals surface area contributed by atoms with E-state index in [0.29, 0.717) is 5.56 Å². The zero-order valence-corrected chi connectivity index (χ0v) is 10.4. The van der Waals surface area contributed by atoms with Crippen LogP contribution in [0.25, 0.3) is 11.6 Å². The van der Waals surface area contributed by atoms with Crippen molar-refractivity contribution in [2.24, 2.45) is 0 Å². The highest BCUT2D eigenvalue weighted by Crippen LogP contribution is 2.24. The molecule has 0 atom stereocenters. The molecule has 20 heavy (non-hydrogen) atoms. The predicted molar refractivity (Wildman–Crippen MR) is 69.0 cm³/mol. The number of nitrogens with two attached hydrogens (primary N) is 1. The van der Waals surface area contributed by atoms with Crippen LogP contribution < -0.4 is 11.1 Å². The van der Waals surface area contributed by atoms with Crippen LogP contribution in [0.5, 0.6) is 0 Å². The number of nitrogen functional groups attached to an aromatic ring is 1. The number of carbonyl (C=O) groups is 1. The molecule has 3 N–H and O–H groups in total. The molecule has 0 spiro atoms. The summed E-state index contributed by atoms with van der Waals surface area (Å²) in [5, 5.41) is 1.65. The topological polar surface area (TPSA) is 55.1 Å². The summed E-state index contributed by atoms with van der Waals surface area (Å²) in [4.78, 5) is 11.6. The molecule has 0 aromatic heterocycles. The van der Waals surface area contributed by atoms with Crippen molar-refractivity contribution in [1.82, 2.24) is 5.32 Å². The van der Waals surface area contributed by atoms with Crippen LogP contribution in [0.2, 0.25) is 0 Å². The van der Waals surface area contributed by atoms with Gasteiger partial charge in [0.05, 0.1) is 5.69 Å². The maximum atomic E-state index is 13.4. The number of alkyl halides is 3. The van der Waals surface area contributed by atoms with Gasteiger partial charge in [-0.15, -0.1) is 0 Å². The molecule has 0 fully saturated rings. The zero-order valence-electron chi connectivity index (χ0n) is 10.4. The molecule has 3 nitrogen and oxygen atoms in total. The SMILES string of the molecule is C=Cc1cc(N)c(F)cc1C(=C)C(=O)NCC(F)(F)F. The molecule has 1 aromatic carbocycles. The number of halogens is 4. The normalized spacial score (nSPS) is 11.0. The van der Waals surface area contributed by atoms with Crippen LogP contribution in [0.4, 0.5) is 23.2 Å². The Bertz CT molecular complexity index is 564. The predicted octanol–water partition coefficient (Wildman–Crippen LogP) is 2.74. The van der Waals surface area contributed by atoms with Crippen molar-refractivity contribution >= 4 is 23.2 Å². The molecule has 108 valence electrons. The summed E-state index contributed by atoms with van der Waals surface area (Å²) in [6.45, 7) is 5.33. The van der Waals surface area contributed by atoms with Crippen LogP contribution in [-0.2, 0) is 4.79 Å². The van der Waals surface area contributed by atoms with Gasteiger partial charge >= 0.3 is 6.18 Å². The van der Waals surface area contributed by atoms with E-state index in [-0.39, 0.29) is 16.8 Å². The van der Waals surface area contributed by atoms with E-state index < -0.39 is 24.4 Å². The van der Waals surface area contributed by atoms with Crippen molar-refractivity contribution in [3.63, 3.8) is 0 Å². The van der Waals surface area contributed by atoms with Gasteiger partial charge in [0.25, 0.3) is 5.91 Å². The Morgan fingerprint density at radius 3 is 2.50 bits per heavy atom. The van der Waals surface area contributed by atoms with Gasteiger partial charge in [-0.3, -0.25) is 4.79 Å². The molecule has 1 rings (SSSR count). The fourth-order valence-corrected chi connectivity index (χ4v) is 1.45. The summed E-state index contributed by atoms with van der Waals surface area (Å²) >= 11 is 0. The van der Waals surface area contributed by atoms with Crippen molar-refractivity contribution in [3.8, 4) is 0 Å². The number of benzene rings is 1. The third kappa shape index (κ3) is 3.84. The second-order valence-electron chi connectivity index (χ2n) is 3.94. The number of amides is 1. The minimum Gasteiger partial charge on any atom is -0.396 e. The number of rotatable bonds is 4. The van der Waals surface area contributed by atoms with Crippen molar-refractivity contribution in [2.45, 2.75) is 6.18 Å². The van der Waals surface area contributed by atoms with E-state index in [4.69, 9.17) is 5.73 Å². The Hall–Kier alpha value is -2.31. The standard InChI is InChI=1S/C13H12F4N2O/c1-3-8-4-11(18)10(14)5-9(8)7(2)12(20)19-6-13(15,16)17/h3-5H,1-2,6,18H2,(H,19,20). The lowest BCUT2D eigenvalue weighted by molar-refractivity contribution is -0.135. The molecule has 0 saturated carbocycles. The number of hydrogen-bond acceptors (Lipinski definition) is 2. The van der Waals surface area contributed by atoms with Crippen molar-refractivity contribution < 1.29 is 22.4 Å². The summed E-state index contributed by atoms with van der Waals surface area (Å²) in [6.07, 6.45) is -3.24. The molecule has 0 aliphatic carbocycles. The molecule has 1 amide bonds. The van der Waals surface area contributed by atoms with E-state index in [2.05, 4.69) is 13.2 Å². The Labute approximate surface area is 112 Å². The largest absolute Gasteiger partial charge is 0.405 e. The molecule has 1 aromatic rings. The molecule has 0 aliphatic heterocycles. The maximum Gasteiger partial charge on any atom is 0.405 e. The maximum absolute atomic E-state index is 13.4. The first-order valence-electron chi connectivity index (χ1n) is 5.41. The monoisotopic (exact) mass is 288 g/mol. The third-order valence-corrected chi connectivity index (χ3v) is 2.44. The van der Waals surface area contributed by atoms with Gasteiger partial charge in [-0.2, -0.15) is 13.2 Å². The molecule has 0 bridgehead atoms. The van der Waals surface area contributed by atoms with Gasteiger partial charge in [-0.1, -0.05) is 19.2 Å². The average Bonchev–Trinajstić information content (AvgIpc) is 2.36. The minimum absolute atomic E-state index is 0.0337. The van der Waals surface area contributed by atoms with Crippen molar-refractivity contribution in [1.29, 1.82) is 0 Å². The number of anilines is 1. The van der Waals surface area contributed by atoms with Gasteiger partial charge in [0.1, 0.15) is 12.4 Å². The number of carbonyl (C=O) groups excluding carboxylic acids is 1. The molecule has 0 saturated heterocycles. The molecule has 7 heteroatoms. The van der Waals surface area contributed by atoms with E-state index >= 15 is 0 Å². The van der Waals surface area contributed by atoms with Gasteiger partial charge in [-0.25, -0.2) is 4.39 Å². The van der Waals surface area contributed by atoms with E-state index in [1.54, 1.807) is 5.32 Å². The molecule has 0 heterocycles. The van der Waals surface area contributed by atoms with Crippen molar-refractivity contribution in [3.05, 3.63) is 42.2 Å². The highest BCUT2D eigenvalue weighted by atomic mass is 19.4. The van der Waals surface area contributed by atoms with Gasteiger partial charge in [0, 0.05) is 5.57 Å². The minimum atomic E-state index is -4.54. The Morgan fingerprint density at radius 1 is 1.40 bits per heavy atom. The molecule has 0 aliphatic rings. The number of nitrogens with one attached hydrogen (secondary N) is 1. The van der Waals surface area contributed by atoms with E-state index in [9.17, 15) is 22.4 Å². The smallest absolute Gasteiger partial charge is 0.396 e. The lowest BCUT2D eigenvalue weighted by Crippen LogP contribution is -2.34. The summed E-state index contributed by atoms with van der Waals surface area (Å²) in [6, 6.07) is 2.15. The molecular weight excluding hydrogens is 276 g/mol. The average molecular weight is 288 g/mol. The summed E-state index contributed by atoms with van der Waals surface area (Å²) in [5.74, 6) is -1.84. The van der Waals surface area contributed by atoms with Crippen LogP contribution >= 0.6 is 0 Å². The zero-order chi connectivity index (χ0) is 15.5. The van der Waals surface area contributed by atoms with Gasteiger partial charge in [-0.05, 0) is 23.3 Å². The molecule has 0 radical (unpaired) electrons. The first-order valence-corrected chi connectivity index (χ1v) is 5.41. The lowest BCUT2D eigenvalue weighted by atomic mass is 9.99. The first kappa shape index (κ1) is 15.7. The van der Waals surface area contributed by atoms with Gasteiger partial charge in [0.15, 0.2) is 0 Å². The second-order valence-corrected chi connectivity index (χ2v) is 3.94. The van der Waals surface area contributed by atoms with Crippen LogP contribution in [0, 0.1) is 5.82 Å². The fourth-order valence-electron chi connectivity index (χ4n) is 1.45. The van der Waals surface area contributed by atoms with Crippen LogP contribution in [0.15, 0.2) is 25.3 Å². The number of hydrogen-bond donors (Lipinski definition) is 2. The van der Waals surface area contributed by atoms with E-state index in [0.717, 1.165) is 6.07 Å². The van der Waals surface area contributed by atoms with E-state index in [1.165, 1.54) is 12.1 Å². The van der Waals surface area contributed by atoms with Crippen molar-refractivity contribution in [2.75, 3.05) is 12.3 Å². The molecule has 0 unspecified atom stereocenters. The Morgan fingerprint density at radius 2 is 2.00 bits per heavy atom. The highest BCUT2D eigenvalue weighted by Gasteiger charge is 2.28. The summed E-state index contributed by atoms with van der Waals surface area (Å²) in [7, 11) is 0. The Balaban J connectivity index is 3.00. The Kier molecular flexibility index (Phi) is 4.54. The highest BCUT2D eigenvalue weighted by molar-refractivity contribution is 6.19. The van der Waals surface area contributed by atoms with Gasteiger partial charge in [0.2, 0.25) is 0 Å². The van der Waals surface area contributed by atoms with Crippen LogP contribution in [0.1, 0.15) is 11.1 Å². The molecular formula is C13H12F4N2O. The second kappa shape index (κ2) is 5.77. The van der Waals surface area contributed by atoms with Gasteiger partial charge < -0.3 is 11.1 Å². The van der Waals surface area contributed by atoms with Crippen LogP contribution in [-0.4, -0.2) is 18.6 Å². The van der Waals surface area contributed by atoms with E-state index in [1.807, 2.05) is 0 Å².